The first-order valence-corrected chi connectivity index (χ1v) is 12.0. The molecule has 1 aromatic rings. The number of aliphatic hydroxyl groups is 1. The molecule has 0 heterocycles. The first-order chi connectivity index (χ1) is 15.9. The molecule has 0 saturated carbocycles. The number of aryl methyl sites for hydroxylation is 1. The van der Waals surface area contributed by atoms with Crippen LogP contribution in [0.15, 0.2) is 18.2 Å². The molecule has 9 heteroatoms. The number of nitrogens with one attached hydrogen (secondary N) is 2. The summed E-state index contributed by atoms with van der Waals surface area (Å²) >= 11 is 0. The Morgan fingerprint density at radius 3 is 2.14 bits per heavy atom. The molecule has 2 atom stereocenters. The van der Waals surface area contributed by atoms with Crippen molar-refractivity contribution in [3.8, 4) is 5.75 Å². The van der Waals surface area contributed by atoms with E-state index < -0.39 is 41.1 Å². The van der Waals surface area contributed by atoms with Crippen molar-refractivity contribution >= 4 is 17.9 Å². The number of hydrogen-bond acceptors (Lipinski definition) is 6. The maximum absolute atomic E-state index is 13.8. The first kappa shape index (κ1) is 30.2. The topological polar surface area (TPSA) is 128 Å². The summed E-state index contributed by atoms with van der Waals surface area (Å²) in [5, 5.41) is 25.4. The Morgan fingerprint density at radius 2 is 1.69 bits per heavy atom. The standard InChI is InChI=1S/C26H43N3O6/c1-16(2)14-19(27-24(34)35-26(7,8)9)23(33)29(12-13-30)21(22(32)28-25(4,5)6)18-10-11-20(31)17(3)15-18/h10-11,15-16,19,21,30-31H,12-14H2,1-9H3,(H,27,34)(H,28,32). The van der Waals surface area contributed by atoms with E-state index in [-0.39, 0.29) is 24.8 Å². The van der Waals surface area contributed by atoms with Gasteiger partial charge in [-0.15, -0.1) is 0 Å². The number of hydrogen-bond donors (Lipinski definition) is 4. The summed E-state index contributed by atoms with van der Waals surface area (Å²) in [4.78, 5) is 41.1. The molecule has 3 amide bonds. The molecule has 4 N–H and O–H groups in total. The predicted octanol–water partition coefficient (Wildman–Crippen LogP) is 3.42. The van der Waals surface area contributed by atoms with E-state index in [4.69, 9.17) is 4.74 Å². The molecule has 0 aromatic heterocycles. The number of benzene rings is 1. The first-order valence-electron chi connectivity index (χ1n) is 12.0. The molecule has 1 aromatic carbocycles. The third-order valence-electron chi connectivity index (χ3n) is 4.91. The molecule has 1 rings (SSSR count). The van der Waals surface area contributed by atoms with Gasteiger partial charge < -0.3 is 30.5 Å². The molecule has 0 bridgehead atoms. The number of aromatic hydroxyl groups is 1. The summed E-state index contributed by atoms with van der Waals surface area (Å²) < 4.78 is 5.35. The minimum atomic E-state index is -1.09. The van der Waals surface area contributed by atoms with Gasteiger partial charge in [-0.25, -0.2) is 4.79 Å². The lowest BCUT2D eigenvalue weighted by molar-refractivity contribution is -0.144. The number of amides is 3. The number of nitrogens with zero attached hydrogens (tertiary/aromatic N) is 1. The molecular weight excluding hydrogens is 450 g/mol. The fraction of sp³-hybridized carbons (Fsp3) is 0.654. The van der Waals surface area contributed by atoms with E-state index in [1.165, 1.54) is 11.0 Å². The normalized spacial score (nSPS) is 13.7. The van der Waals surface area contributed by atoms with Crippen LogP contribution in [0.25, 0.3) is 0 Å². The summed E-state index contributed by atoms with van der Waals surface area (Å²) in [6.45, 7) is 15.7. The van der Waals surface area contributed by atoms with E-state index in [1.54, 1.807) is 39.8 Å². The van der Waals surface area contributed by atoms with Crippen molar-refractivity contribution in [1.29, 1.82) is 0 Å². The number of carbonyl (C=O) groups excluding carboxylic acids is 3. The summed E-state index contributed by atoms with van der Waals surface area (Å²) in [5.74, 6) is -0.843. The number of phenols is 1. The molecular formula is C26H43N3O6. The molecule has 0 radical (unpaired) electrons. The summed E-state index contributed by atoms with van der Waals surface area (Å²) in [7, 11) is 0. The lowest BCUT2D eigenvalue weighted by Gasteiger charge is -2.36. The van der Waals surface area contributed by atoms with Crippen LogP contribution in [0.3, 0.4) is 0 Å². The number of carbonyl (C=O) groups is 3. The van der Waals surface area contributed by atoms with E-state index in [0.29, 0.717) is 17.5 Å². The van der Waals surface area contributed by atoms with Crippen LogP contribution in [0.4, 0.5) is 4.79 Å². The average Bonchev–Trinajstić information content (AvgIpc) is 2.66. The van der Waals surface area contributed by atoms with Gasteiger partial charge >= 0.3 is 6.09 Å². The molecule has 198 valence electrons. The third kappa shape index (κ3) is 10.1. The highest BCUT2D eigenvalue weighted by Crippen LogP contribution is 2.28. The van der Waals surface area contributed by atoms with Crippen molar-refractivity contribution in [2.24, 2.45) is 5.92 Å². The summed E-state index contributed by atoms with van der Waals surface area (Å²) in [6.07, 6.45) is -0.431. The maximum atomic E-state index is 13.8. The van der Waals surface area contributed by atoms with Crippen LogP contribution >= 0.6 is 0 Å². The second kappa shape index (κ2) is 12.2. The van der Waals surface area contributed by atoms with E-state index in [9.17, 15) is 24.6 Å². The van der Waals surface area contributed by atoms with Gasteiger partial charge in [0.25, 0.3) is 0 Å². The van der Waals surface area contributed by atoms with Crippen molar-refractivity contribution in [1.82, 2.24) is 15.5 Å². The van der Waals surface area contributed by atoms with Gasteiger partial charge in [0, 0.05) is 12.1 Å². The van der Waals surface area contributed by atoms with Crippen LogP contribution in [-0.4, -0.2) is 63.4 Å². The molecule has 35 heavy (non-hydrogen) atoms. The number of rotatable bonds is 9. The summed E-state index contributed by atoms with van der Waals surface area (Å²) in [6, 6.07) is 2.61. The summed E-state index contributed by atoms with van der Waals surface area (Å²) in [5.41, 5.74) is -0.317. The molecule has 0 aliphatic carbocycles. The second-order valence-electron chi connectivity index (χ2n) is 11.3. The van der Waals surface area contributed by atoms with E-state index in [1.807, 2.05) is 34.6 Å². The van der Waals surface area contributed by atoms with E-state index >= 15 is 0 Å². The molecule has 9 nitrogen and oxygen atoms in total. The Balaban J connectivity index is 3.50. The van der Waals surface area contributed by atoms with E-state index in [0.717, 1.165) is 0 Å². The Hall–Kier alpha value is -2.81. The molecule has 0 fully saturated rings. The van der Waals surface area contributed by atoms with Crippen LogP contribution in [0.1, 0.15) is 79.0 Å². The highest BCUT2D eigenvalue weighted by molar-refractivity contribution is 5.92. The number of aliphatic hydroxyl groups excluding tert-OH is 1. The molecule has 2 unspecified atom stereocenters. The zero-order valence-electron chi connectivity index (χ0n) is 22.6. The van der Waals surface area contributed by atoms with Crippen molar-refractivity contribution < 1.29 is 29.3 Å². The quantitative estimate of drug-likeness (QED) is 0.417. The highest BCUT2D eigenvalue weighted by atomic mass is 16.6. The van der Waals surface area contributed by atoms with Crippen LogP contribution in [-0.2, 0) is 14.3 Å². The third-order valence-corrected chi connectivity index (χ3v) is 4.91. The van der Waals surface area contributed by atoms with Crippen LogP contribution in [0, 0.1) is 12.8 Å². The Kier molecular flexibility index (Phi) is 10.6. The number of ether oxygens (including phenoxy) is 1. The molecule has 0 aliphatic heterocycles. The zero-order chi connectivity index (χ0) is 27.1. The number of phenolic OH excluding ortho intramolecular Hbond substituents is 1. The SMILES string of the molecule is Cc1cc(C(C(=O)NC(C)(C)C)N(CCO)C(=O)C(CC(C)C)NC(=O)OC(C)(C)C)ccc1O. The van der Waals surface area contributed by atoms with Crippen molar-refractivity contribution in [3.05, 3.63) is 29.3 Å². The molecule has 0 aliphatic rings. The van der Waals surface area contributed by atoms with Gasteiger partial charge in [0.1, 0.15) is 23.4 Å². The minimum Gasteiger partial charge on any atom is -0.508 e. The van der Waals surface area contributed by atoms with Gasteiger partial charge in [0.15, 0.2) is 0 Å². The minimum absolute atomic E-state index is 0.0487. The van der Waals surface area contributed by atoms with Gasteiger partial charge in [0.2, 0.25) is 11.8 Å². The average molecular weight is 494 g/mol. The van der Waals surface area contributed by atoms with Crippen molar-refractivity contribution in [2.75, 3.05) is 13.2 Å². The smallest absolute Gasteiger partial charge is 0.408 e. The van der Waals surface area contributed by atoms with E-state index in [2.05, 4.69) is 10.6 Å². The lowest BCUT2D eigenvalue weighted by Crippen LogP contribution is -2.55. The molecule has 0 spiro atoms. The largest absolute Gasteiger partial charge is 0.508 e. The number of alkyl carbamates (subject to hydrolysis) is 1. The second-order valence-corrected chi connectivity index (χ2v) is 11.3. The Labute approximate surface area is 209 Å². The monoisotopic (exact) mass is 493 g/mol. The molecule has 0 saturated heterocycles. The van der Waals surface area contributed by atoms with Gasteiger partial charge in [-0.3, -0.25) is 9.59 Å². The van der Waals surface area contributed by atoms with Crippen molar-refractivity contribution in [2.45, 2.75) is 92.0 Å². The van der Waals surface area contributed by atoms with Crippen LogP contribution in [0.2, 0.25) is 0 Å². The van der Waals surface area contributed by atoms with Crippen molar-refractivity contribution in [3.63, 3.8) is 0 Å². The highest BCUT2D eigenvalue weighted by Gasteiger charge is 2.37. The van der Waals surface area contributed by atoms with Gasteiger partial charge in [-0.1, -0.05) is 19.9 Å². The lowest BCUT2D eigenvalue weighted by atomic mass is 9.97. The Bertz CT molecular complexity index is 886. The Morgan fingerprint density at radius 1 is 1.09 bits per heavy atom. The van der Waals surface area contributed by atoms with Gasteiger partial charge in [-0.05, 0) is 84.1 Å². The predicted molar refractivity (Wildman–Crippen MR) is 135 cm³/mol. The fourth-order valence-corrected chi connectivity index (χ4v) is 3.58. The van der Waals surface area contributed by atoms with Gasteiger partial charge in [-0.2, -0.15) is 0 Å². The zero-order valence-corrected chi connectivity index (χ0v) is 22.6. The fourth-order valence-electron chi connectivity index (χ4n) is 3.58. The maximum Gasteiger partial charge on any atom is 0.408 e. The van der Waals surface area contributed by atoms with Gasteiger partial charge in [0.05, 0.1) is 6.61 Å². The van der Waals surface area contributed by atoms with Crippen LogP contribution < -0.4 is 10.6 Å². The van der Waals surface area contributed by atoms with Crippen LogP contribution in [0.5, 0.6) is 5.75 Å².